The van der Waals surface area contributed by atoms with Gasteiger partial charge in [-0.1, -0.05) is 30.7 Å². The van der Waals surface area contributed by atoms with Crippen molar-refractivity contribution < 1.29 is 4.79 Å². The van der Waals surface area contributed by atoms with E-state index in [0.29, 0.717) is 35.7 Å². The van der Waals surface area contributed by atoms with Gasteiger partial charge in [-0.25, -0.2) is 0 Å². The first-order valence-electron chi connectivity index (χ1n) is 10.2. The fraction of sp³-hybridized carbons (Fsp3) is 0.682. The number of hydrogen-bond acceptors (Lipinski definition) is 2. The van der Waals surface area contributed by atoms with E-state index in [1.807, 2.05) is 0 Å². The molecule has 3 aliphatic rings. The molecule has 1 saturated heterocycles. The summed E-state index contributed by atoms with van der Waals surface area (Å²) in [5.41, 5.74) is 9.19. The van der Waals surface area contributed by atoms with E-state index in [1.54, 1.807) is 0 Å². The number of aryl methyl sites for hydroxylation is 1. The fourth-order valence-electron chi connectivity index (χ4n) is 5.83. The molecule has 1 aliphatic heterocycles. The second-order valence-corrected chi connectivity index (χ2v) is 8.83. The van der Waals surface area contributed by atoms with Crippen molar-refractivity contribution in [3.63, 3.8) is 0 Å². The third kappa shape index (κ3) is 3.12. The summed E-state index contributed by atoms with van der Waals surface area (Å²) in [5, 5.41) is 0. The Balaban J connectivity index is 1.47. The van der Waals surface area contributed by atoms with Crippen LogP contribution in [0.15, 0.2) is 24.3 Å². The standard InChI is InChI=1S/C22H32N2O/c1-14-6-3-4-9-20(14)19-10-15(2)24(13-19)22(25)18-11-16-7-5-8-17(12-18)21(16)23/h3-4,6,9,15-19,21H,5,7-8,10-13,23H2,1-2H3. The van der Waals surface area contributed by atoms with E-state index in [0.717, 1.165) is 25.8 Å². The predicted octanol–water partition coefficient (Wildman–Crippen LogP) is 3.85. The molecule has 2 bridgehead atoms. The van der Waals surface area contributed by atoms with Gasteiger partial charge in [0.25, 0.3) is 0 Å². The van der Waals surface area contributed by atoms with E-state index >= 15 is 0 Å². The summed E-state index contributed by atoms with van der Waals surface area (Å²) < 4.78 is 0. The van der Waals surface area contributed by atoms with Gasteiger partial charge in [0.15, 0.2) is 0 Å². The van der Waals surface area contributed by atoms with Crippen molar-refractivity contribution in [3.05, 3.63) is 35.4 Å². The van der Waals surface area contributed by atoms with E-state index in [4.69, 9.17) is 5.73 Å². The summed E-state index contributed by atoms with van der Waals surface area (Å²) in [7, 11) is 0. The Bertz CT molecular complexity index is 629. The minimum atomic E-state index is 0.216. The number of rotatable bonds is 2. The number of likely N-dealkylation sites (tertiary alicyclic amines) is 1. The lowest BCUT2D eigenvalue weighted by Gasteiger charge is -2.44. The van der Waals surface area contributed by atoms with Crippen LogP contribution in [0.2, 0.25) is 0 Å². The molecular weight excluding hydrogens is 308 g/mol. The molecule has 3 heteroatoms. The van der Waals surface area contributed by atoms with Crippen LogP contribution in [-0.2, 0) is 4.79 Å². The van der Waals surface area contributed by atoms with Gasteiger partial charge in [0, 0.05) is 30.5 Å². The number of nitrogens with two attached hydrogens (primary N) is 1. The normalized spacial score (nSPS) is 38.0. The van der Waals surface area contributed by atoms with E-state index in [9.17, 15) is 4.79 Å². The maximum Gasteiger partial charge on any atom is 0.225 e. The van der Waals surface area contributed by atoms with Crippen LogP contribution in [0.4, 0.5) is 0 Å². The molecule has 0 spiro atoms. The van der Waals surface area contributed by atoms with Crippen LogP contribution in [0.5, 0.6) is 0 Å². The highest BCUT2D eigenvalue weighted by Gasteiger charge is 2.43. The van der Waals surface area contributed by atoms with Crippen molar-refractivity contribution in [2.75, 3.05) is 6.54 Å². The van der Waals surface area contributed by atoms with Crippen molar-refractivity contribution in [1.82, 2.24) is 4.90 Å². The summed E-state index contributed by atoms with van der Waals surface area (Å²) in [6.07, 6.45) is 6.89. The fourth-order valence-corrected chi connectivity index (χ4v) is 5.83. The molecule has 3 fully saturated rings. The summed E-state index contributed by atoms with van der Waals surface area (Å²) in [5.74, 6) is 2.27. The Morgan fingerprint density at radius 2 is 1.80 bits per heavy atom. The SMILES string of the molecule is Cc1ccccc1C1CC(C)N(C(=O)C2CC3CCCC(C2)C3N)C1. The van der Waals surface area contributed by atoms with Crippen LogP contribution in [0.1, 0.15) is 62.5 Å². The highest BCUT2D eigenvalue weighted by Crippen LogP contribution is 2.43. The first-order chi connectivity index (χ1) is 12.0. The Labute approximate surface area is 152 Å². The summed E-state index contributed by atoms with van der Waals surface area (Å²) >= 11 is 0. The van der Waals surface area contributed by atoms with E-state index in [1.165, 1.54) is 30.4 Å². The molecule has 4 rings (SSSR count). The van der Waals surface area contributed by atoms with Crippen LogP contribution in [-0.4, -0.2) is 29.4 Å². The number of benzene rings is 1. The van der Waals surface area contributed by atoms with Crippen molar-refractivity contribution in [3.8, 4) is 0 Å². The summed E-state index contributed by atoms with van der Waals surface area (Å²) in [4.78, 5) is 15.5. The second kappa shape index (κ2) is 6.75. The Morgan fingerprint density at radius 1 is 1.12 bits per heavy atom. The molecule has 2 N–H and O–H groups in total. The average Bonchev–Trinajstić information content (AvgIpc) is 2.96. The van der Waals surface area contributed by atoms with Crippen molar-refractivity contribution in [2.45, 2.75) is 70.4 Å². The first kappa shape index (κ1) is 17.1. The van der Waals surface area contributed by atoms with Gasteiger partial charge in [-0.3, -0.25) is 4.79 Å². The van der Waals surface area contributed by atoms with Gasteiger partial charge in [-0.2, -0.15) is 0 Å². The van der Waals surface area contributed by atoms with E-state index < -0.39 is 0 Å². The molecular formula is C22H32N2O. The number of nitrogens with zero attached hydrogens (tertiary/aromatic N) is 1. The number of carbonyl (C=O) groups excluding carboxylic acids is 1. The maximum absolute atomic E-state index is 13.3. The quantitative estimate of drug-likeness (QED) is 0.889. The zero-order chi connectivity index (χ0) is 17.6. The Kier molecular flexibility index (Phi) is 4.61. The number of amides is 1. The first-order valence-corrected chi connectivity index (χ1v) is 10.2. The van der Waals surface area contributed by atoms with Gasteiger partial charge >= 0.3 is 0 Å². The predicted molar refractivity (Wildman–Crippen MR) is 101 cm³/mol. The van der Waals surface area contributed by atoms with Crippen LogP contribution in [0.3, 0.4) is 0 Å². The maximum atomic E-state index is 13.3. The zero-order valence-corrected chi connectivity index (χ0v) is 15.7. The van der Waals surface area contributed by atoms with Crippen molar-refractivity contribution in [1.29, 1.82) is 0 Å². The molecule has 25 heavy (non-hydrogen) atoms. The van der Waals surface area contributed by atoms with Crippen molar-refractivity contribution in [2.24, 2.45) is 23.5 Å². The number of carbonyl (C=O) groups is 1. The molecule has 1 heterocycles. The monoisotopic (exact) mass is 340 g/mol. The topological polar surface area (TPSA) is 46.3 Å². The number of hydrogen-bond donors (Lipinski definition) is 1. The van der Waals surface area contributed by atoms with E-state index in [2.05, 4.69) is 43.0 Å². The molecule has 1 amide bonds. The van der Waals surface area contributed by atoms with Crippen LogP contribution in [0.25, 0.3) is 0 Å². The Hall–Kier alpha value is -1.35. The van der Waals surface area contributed by atoms with E-state index in [-0.39, 0.29) is 5.92 Å². The van der Waals surface area contributed by atoms with Gasteiger partial charge in [-0.05, 0) is 68.9 Å². The molecule has 4 atom stereocenters. The third-order valence-corrected chi connectivity index (χ3v) is 7.25. The molecule has 4 unspecified atom stereocenters. The molecule has 2 saturated carbocycles. The average molecular weight is 341 g/mol. The zero-order valence-electron chi connectivity index (χ0n) is 15.7. The van der Waals surface area contributed by atoms with Gasteiger partial charge < -0.3 is 10.6 Å². The van der Waals surface area contributed by atoms with Gasteiger partial charge in [0.1, 0.15) is 0 Å². The molecule has 2 aliphatic carbocycles. The largest absolute Gasteiger partial charge is 0.339 e. The van der Waals surface area contributed by atoms with Crippen molar-refractivity contribution >= 4 is 5.91 Å². The van der Waals surface area contributed by atoms with Crippen LogP contribution >= 0.6 is 0 Å². The van der Waals surface area contributed by atoms with Crippen LogP contribution < -0.4 is 5.73 Å². The molecule has 3 nitrogen and oxygen atoms in total. The molecule has 0 aromatic heterocycles. The minimum absolute atomic E-state index is 0.216. The molecule has 136 valence electrons. The highest BCUT2D eigenvalue weighted by atomic mass is 16.2. The summed E-state index contributed by atoms with van der Waals surface area (Å²) in [6, 6.07) is 9.35. The molecule has 1 aromatic rings. The minimum Gasteiger partial charge on any atom is -0.339 e. The van der Waals surface area contributed by atoms with Gasteiger partial charge in [-0.15, -0.1) is 0 Å². The highest BCUT2D eigenvalue weighted by molar-refractivity contribution is 5.80. The molecule has 0 radical (unpaired) electrons. The third-order valence-electron chi connectivity index (χ3n) is 7.25. The smallest absolute Gasteiger partial charge is 0.225 e. The lowest BCUT2D eigenvalue weighted by atomic mass is 9.65. The van der Waals surface area contributed by atoms with Gasteiger partial charge in [0.2, 0.25) is 5.91 Å². The van der Waals surface area contributed by atoms with Crippen LogP contribution in [0, 0.1) is 24.7 Å². The second-order valence-electron chi connectivity index (χ2n) is 8.83. The Morgan fingerprint density at radius 3 is 2.48 bits per heavy atom. The number of fused-ring (bicyclic) bond motifs is 2. The molecule has 1 aromatic carbocycles. The lowest BCUT2D eigenvalue weighted by molar-refractivity contribution is -0.139. The summed E-state index contributed by atoms with van der Waals surface area (Å²) in [6.45, 7) is 5.31. The van der Waals surface area contributed by atoms with Gasteiger partial charge in [0.05, 0.1) is 0 Å². The lowest BCUT2D eigenvalue weighted by Crippen LogP contribution is -2.50.